The first-order valence-corrected chi connectivity index (χ1v) is 12.6. The van der Waals surface area contributed by atoms with Crippen LogP contribution in [0, 0.1) is 6.92 Å². The molecular formula is C29H38N4O. The number of aryl methyl sites for hydroxylation is 3. The zero-order chi connectivity index (χ0) is 24.2. The summed E-state index contributed by atoms with van der Waals surface area (Å²) in [5.74, 6) is 0.577. The molecule has 1 aromatic heterocycles. The first kappa shape index (κ1) is 24.2. The van der Waals surface area contributed by atoms with Crippen LogP contribution in [0.4, 0.5) is 0 Å². The topological polar surface area (TPSA) is 50.2 Å². The Hall–Kier alpha value is -2.92. The molecule has 34 heavy (non-hydrogen) atoms. The molecular weight excluding hydrogens is 420 g/mol. The zero-order valence-corrected chi connectivity index (χ0v) is 21.2. The molecule has 5 nitrogen and oxygen atoms in total. The van der Waals surface area contributed by atoms with Gasteiger partial charge >= 0.3 is 0 Å². The minimum Gasteiger partial charge on any atom is -0.358 e. The minimum absolute atomic E-state index is 0.0430. The fourth-order valence-electron chi connectivity index (χ4n) is 5.42. The summed E-state index contributed by atoms with van der Waals surface area (Å²) < 4.78 is 2.16. The maximum atomic E-state index is 13.2. The van der Waals surface area contributed by atoms with Crippen molar-refractivity contribution in [2.45, 2.75) is 71.5 Å². The SMILES string of the molecule is CCn1nc(C)c2c1CCN([C@@H](C(=O)NC)c1ccccc1)C2CCc1ccc(C(C)C)cc1. The average Bonchev–Trinajstić information content (AvgIpc) is 3.19. The Labute approximate surface area is 204 Å². The lowest BCUT2D eigenvalue weighted by atomic mass is 9.88. The molecule has 2 heterocycles. The third-order valence-electron chi connectivity index (χ3n) is 7.22. The number of likely N-dealkylation sites (N-methyl/N-ethyl adjacent to an activating group) is 1. The molecule has 0 spiro atoms. The highest BCUT2D eigenvalue weighted by Gasteiger charge is 2.38. The van der Waals surface area contributed by atoms with E-state index in [9.17, 15) is 4.79 Å². The van der Waals surface area contributed by atoms with E-state index < -0.39 is 0 Å². The number of hydrogen-bond donors (Lipinski definition) is 1. The molecule has 1 unspecified atom stereocenters. The van der Waals surface area contributed by atoms with Gasteiger partial charge in [-0.15, -0.1) is 0 Å². The van der Waals surface area contributed by atoms with E-state index in [0.29, 0.717) is 5.92 Å². The third kappa shape index (κ3) is 4.80. The summed E-state index contributed by atoms with van der Waals surface area (Å²) in [5.41, 5.74) is 7.49. The van der Waals surface area contributed by atoms with E-state index in [4.69, 9.17) is 5.10 Å². The van der Waals surface area contributed by atoms with Gasteiger partial charge in [0.2, 0.25) is 5.91 Å². The van der Waals surface area contributed by atoms with Crippen LogP contribution in [0.25, 0.3) is 0 Å². The lowest BCUT2D eigenvalue weighted by Crippen LogP contribution is -2.45. The van der Waals surface area contributed by atoms with Gasteiger partial charge in [-0.2, -0.15) is 5.10 Å². The Bertz CT molecular complexity index is 1100. The third-order valence-corrected chi connectivity index (χ3v) is 7.22. The van der Waals surface area contributed by atoms with Gasteiger partial charge in [-0.05, 0) is 49.3 Å². The zero-order valence-electron chi connectivity index (χ0n) is 21.2. The predicted octanol–water partition coefficient (Wildman–Crippen LogP) is 5.35. The van der Waals surface area contributed by atoms with Crippen molar-refractivity contribution < 1.29 is 4.79 Å². The van der Waals surface area contributed by atoms with E-state index in [-0.39, 0.29) is 18.0 Å². The number of nitrogens with one attached hydrogen (secondary N) is 1. The maximum absolute atomic E-state index is 13.2. The fraction of sp³-hybridized carbons (Fsp3) is 0.448. The number of benzene rings is 2. The van der Waals surface area contributed by atoms with Crippen LogP contribution < -0.4 is 5.32 Å². The van der Waals surface area contributed by atoms with Crippen molar-refractivity contribution in [3.63, 3.8) is 0 Å². The van der Waals surface area contributed by atoms with E-state index in [2.05, 4.69) is 79.0 Å². The molecule has 1 N–H and O–H groups in total. The van der Waals surface area contributed by atoms with Gasteiger partial charge in [0.05, 0.1) is 5.69 Å². The summed E-state index contributed by atoms with van der Waals surface area (Å²) in [6.07, 6.45) is 2.82. The highest BCUT2D eigenvalue weighted by molar-refractivity contribution is 5.83. The molecule has 1 amide bonds. The molecule has 180 valence electrons. The van der Waals surface area contributed by atoms with Crippen molar-refractivity contribution in [1.82, 2.24) is 20.0 Å². The van der Waals surface area contributed by atoms with E-state index in [1.807, 2.05) is 18.2 Å². The van der Waals surface area contributed by atoms with Crippen molar-refractivity contribution in [2.24, 2.45) is 0 Å². The summed E-state index contributed by atoms with van der Waals surface area (Å²) in [7, 11) is 1.74. The van der Waals surface area contributed by atoms with Crippen molar-refractivity contribution >= 4 is 5.91 Å². The van der Waals surface area contributed by atoms with Crippen molar-refractivity contribution in [2.75, 3.05) is 13.6 Å². The second-order valence-corrected chi connectivity index (χ2v) is 9.63. The van der Waals surface area contributed by atoms with Crippen LogP contribution in [0.2, 0.25) is 0 Å². The lowest BCUT2D eigenvalue weighted by Gasteiger charge is -2.41. The molecule has 3 aromatic rings. The molecule has 2 atom stereocenters. The van der Waals surface area contributed by atoms with E-state index in [0.717, 1.165) is 43.6 Å². The standard InChI is InChI=1S/C29H38N4O/c1-6-33-26-18-19-32(28(29(34)30-5)24-10-8-7-9-11-24)25(27(26)21(4)31-33)17-14-22-12-15-23(16-13-22)20(2)3/h7-13,15-16,20,25,28H,6,14,17-19H2,1-5H3,(H,30,34)/t25?,28-/m1/s1. The molecule has 0 fully saturated rings. The Balaban J connectivity index is 1.71. The van der Waals surface area contributed by atoms with Gasteiger partial charge in [-0.25, -0.2) is 0 Å². The fourth-order valence-corrected chi connectivity index (χ4v) is 5.42. The Morgan fingerprint density at radius 3 is 2.41 bits per heavy atom. The summed E-state index contributed by atoms with van der Waals surface area (Å²) in [5, 5.41) is 7.79. The monoisotopic (exact) mass is 458 g/mol. The van der Waals surface area contributed by atoms with E-state index in [1.54, 1.807) is 7.05 Å². The quantitative estimate of drug-likeness (QED) is 0.495. The van der Waals surface area contributed by atoms with Crippen LogP contribution in [-0.4, -0.2) is 34.2 Å². The first-order chi connectivity index (χ1) is 16.4. The molecule has 0 aliphatic carbocycles. The maximum Gasteiger partial charge on any atom is 0.241 e. The van der Waals surface area contributed by atoms with Crippen LogP contribution in [0.3, 0.4) is 0 Å². The molecule has 4 rings (SSSR count). The van der Waals surface area contributed by atoms with Crippen molar-refractivity contribution in [1.29, 1.82) is 0 Å². The van der Waals surface area contributed by atoms with Gasteiger partial charge in [0.1, 0.15) is 6.04 Å². The number of fused-ring (bicyclic) bond motifs is 1. The molecule has 0 saturated carbocycles. The van der Waals surface area contributed by atoms with Crippen molar-refractivity contribution in [3.8, 4) is 0 Å². The number of hydrogen-bond acceptors (Lipinski definition) is 3. The van der Waals surface area contributed by atoms with Gasteiger partial charge in [0.25, 0.3) is 0 Å². The average molecular weight is 459 g/mol. The van der Waals surface area contributed by atoms with Gasteiger partial charge in [0, 0.05) is 43.9 Å². The van der Waals surface area contributed by atoms with Crippen LogP contribution in [0.1, 0.15) is 78.8 Å². The van der Waals surface area contributed by atoms with Gasteiger partial charge in [-0.3, -0.25) is 14.4 Å². The summed E-state index contributed by atoms with van der Waals surface area (Å²) in [6.45, 7) is 10.4. The minimum atomic E-state index is -0.322. The normalized spacial score (nSPS) is 16.9. The smallest absolute Gasteiger partial charge is 0.241 e. The van der Waals surface area contributed by atoms with Gasteiger partial charge in [-0.1, -0.05) is 68.4 Å². The van der Waals surface area contributed by atoms with Gasteiger partial charge in [0.15, 0.2) is 0 Å². The summed E-state index contributed by atoms with van der Waals surface area (Å²) in [6, 6.07) is 19.0. The number of rotatable bonds is 8. The number of carbonyl (C=O) groups excluding carboxylic acids is 1. The molecule has 0 saturated heterocycles. The van der Waals surface area contributed by atoms with Crippen LogP contribution >= 0.6 is 0 Å². The Morgan fingerprint density at radius 1 is 1.09 bits per heavy atom. The molecule has 2 aromatic carbocycles. The molecule has 0 bridgehead atoms. The number of nitrogens with zero attached hydrogens (tertiary/aromatic N) is 3. The van der Waals surface area contributed by atoms with Crippen molar-refractivity contribution in [3.05, 3.63) is 88.2 Å². The second-order valence-electron chi connectivity index (χ2n) is 9.63. The number of amides is 1. The van der Waals surface area contributed by atoms with Crippen LogP contribution in [0.15, 0.2) is 54.6 Å². The van der Waals surface area contributed by atoms with E-state index in [1.165, 1.54) is 22.4 Å². The number of carbonyl (C=O) groups is 1. The second kappa shape index (κ2) is 10.6. The molecule has 5 heteroatoms. The summed E-state index contributed by atoms with van der Waals surface area (Å²) in [4.78, 5) is 15.6. The van der Waals surface area contributed by atoms with Crippen LogP contribution in [0.5, 0.6) is 0 Å². The highest BCUT2D eigenvalue weighted by atomic mass is 16.2. The first-order valence-electron chi connectivity index (χ1n) is 12.6. The van der Waals surface area contributed by atoms with Crippen LogP contribution in [-0.2, 0) is 24.2 Å². The van der Waals surface area contributed by atoms with Gasteiger partial charge < -0.3 is 5.32 Å². The summed E-state index contributed by atoms with van der Waals surface area (Å²) >= 11 is 0. The largest absolute Gasteiger partial charge is 0.358 e. The Morgan fingerprint density at radius 2 is 1.79 bits per heavy atom. The molecule has 1 aliphatic heterocycles. The number of aromatic nitrogens is 2. The highest BCUT2D eigenvalue weighted by Crippen LogP contribution is 2.40. The molecule has 1 aliphatic rings. The predicted molar refractivity (Wildman–Crippen MR) is 138 cm³/mol. The Kier molecular flexibility index (Phi) is 7.52. The van der Waals surface area contributed by atoms with E-state index >= 15 is 0 Å². The lowest BCUT2D eigenvalue weighted by molar-refractivity contribution is -0.127. The molecule has 0 radical (unpaired) electrons.